The van der Waals surface area contributed by atoms with Crippen molar-refractivity contribution in [1.82, 2.24) is 105 Å². The first kappa shape index (κ1) is 78.7. The standard InChI is InChI=1S/C21H21ClN6.C18H18N4O.C17H15ClFN3O.2C17H18N4O/c22-16-1-3-18(4-2-16)28-20-13-23-9-6-19(20)21(26-28)15-7-11-27(12-8-15)14-17-5-10-24-25-17;1-12-2-5-14(6-3-12)22-16-11-19-9-8-15(16)18(21-22)13-4-7-17(23)20-10-13;18-12-1-3-13(4-2-12)22-15-10-20-9-14(19)16(15)17(21-22)11-5-7-23-8-6-11;1-12-2-4-13(5-3-12)21-16-10-18-7-6-14(16)17(20-21)15-11-22-9-8-19-15;1-12-2-4-13(5-3-12)21-15-10-18-7-6-14(15)17(20-21)16-11-19-8-9-22-16/h1-6,9-10,13,15H,7-8,11-12,14H2,(H,24,25);2-3,5-6,8-9,11,13H,4,7,10H2,1H3,(H,20,23);1-4,9-11H,5-8H2;2-7,10,15,19H,8-9,11H2,1H3;2-7,10,16,19H,8-9,11H2,1H3. The number of aryl methyl sites for hydroxylation is 3. The molecular formula is C90H90Cl2FN21O4. The third kappa shape index (κ3) is 17.6. The van der Waals surface area contributed by atoms with Crippen LogP contribution in [0.25, 0.3) is 83.0 Å². The molecule has 4 N–H and O–H groups in total. The number of hydrogen-bond acceptors (Lipinski definition) is 18. The molecule has 5 aliphatic heterocycles. The highest BCUT2D eigenvalue weighted by atomic mass is 35.5. The summed E-state index contributed by atoms with van der Waals surface area (Å²) in [5.74, 6) is 0.715. The Morgan fingerprint density at radius 3 is 1.37 bits per heavy atom. The van der Waals surface area contributed by atoms with Crippen LogP contribution in [0.3, 0.4) is 0 Å². The number of benzene rings is 5. The fourth-order valence-corrected chi connectivity index (χ4v) is 16.2. The summed E-state index contributed by atoms with van der Waals surface area (Å²) in [5, 5.41) is 47.6. The molecule has 28 heteroatoms. The van der Waals surface area contributed by atoms with Crippen LogP contribution in [0, 0.1) is 26.6 Å². The molecule has 5 aromatic carbocycles. The molecule has 3 unspecified atom stereocenters. The van der Waals surface area contributed by atoms with Crippen molar-refractivity contribution in [2.75, 3.05) is 72.3 Å². The summed E-state index contributed by atoms with van der Waals surface area (Å²) >= 11 is 12.0. The maximum absolute atomic E-state index is 14.4. The van der Waals surface area contributed by atoms with Crippen LogP contribution in [0.15, 0.2) is 220 Å². The number of fused-ring (bicyclic) bond motifs is 5. The van der Waals surface area contributed by atoms with Crippen molar-refractivity contribution in [2.45, 2.75) is 95.7 Å². The first-order valence-corrected chi connectivity index (χ1v) is 40.9. The van der Waals surface area contributed by atoms with Crippen LogP contribution in [0.5, 0.6) is 0 Å². The second kappa shape index (κ2) is 36.3. The van der Waals surface area contributed by atoms with Gasteiger partial charge < -0.3 is 30.2 Å². The van der Waals surface area contributed by atoms with Gasteiger partial charge in [-0.2, -0.15) is 30.6 Å². The van der Waals surface area contributed by atoms with Gasteiger partial charge in [0.25, 0.3) is 0 Å². The molecular weight excluding hydrogens is 1530 g/mol. The van der Waals surface area contributed by atoms with Crippen LogP contribution in [-0.2, 0) is 25.5 Å². The molecule has 600 valence electrons. The van der Waals surface area contributed by atoms with Gasteiger partial charge in [-0.05, 0) is 181 Å². The average Bonchev–Trinajstić information content (AvgIpc) is 1.59. The Kier molecular flexibility index (Phi) is 24.2. The van der Waals surface area contributed by atoms with Gasteiger partial charge >= 0.3 is 0 Å². The third-order valence-electron chi connectivity index (χ3n) is 22.3. The second-order valence-electron chi connectivity index (χ2n) is 30.2. The molecule has 0 spiro atoms. The van der Waals surface area contributed by atoms with Gasteiger partial charge in [-0.15, -0.1) is 0 Å². The van der Waals surface area contributed by atoms with E-state index in [0.29, 0.717) is 61.2 Å². The zero-order valence-electron chi connectivity index (χ0n) is 65.8. The molecule has 5 aliphatic rings. The van der Waals surface area contributed by atoms with E-state index >= 15 is 0 Å². The van der Waals surface area contributed by atoms with Gasteiger partial charge in [0.1, 0.15) is 11.8 Å². The molecule has 0 aliphatic carbocycles. The molecule has 16 heterocycles. The van der Waals surface area contributed by atoms with E-state index in [2.05, 4.69) is 156 Å². The van der Waals surface area contributed by atoms with Crippen LogP contribution in [0.1, 0.15) is 119 Å². The van der Waals surface area contributed by atoms with Crippen LogP contribution in [0.2, 0.25) is 10.0 Å². The Morgan fingerprint density at radius 2 is 0.898 bits per heavy atom. The van der Waals surface area contributed by atoms with E-state index in [1.54, 1.807) is 29.2 Å². The van der Waals surface area contributed by atoms with Crippen LogP contribution in [-0.4, -0.2) is 167 Å². The van der Waals surface area contributed by atoms with Crippen LogP contribution < -0.4 is 16.0 Å². The fourth-order valence-electron chi connectivity index (χ4n) is 16.0. The van der Waals surface area contributed by atoms with E-state index in [4.69, 9.17) is 62.9 Å². The van der Waals surface area contributed by atoms with Crippen LogP contribution in [0.4, 0.5) is 4.39 Å². The highest BCUT2D eigenvalue weighted by Gasteiger charge is 2.31. The monoisotopic (exact) mass is 1620 g/mol. The highest BCUT2D eigenvalue weighted by molar-refractivity contribution is 6.31. The number of piperidine rings is 2. The summed E-state index contributed by atoms with van der Waals surface area (Å²) in [6, 6.07) is 50.5. The first-order valence-electron chi connectivity index (χ1n) is 40.1. The number of likely N-dealkylation sites (tertiary alicyclic amines) is 1. The lowest BCUT2D eigenvalue weighted by molar-refractivity contribution is -0.122. The summed E-state index contributed by atoms with van der Waals surface area (Å²) in [4.78, 5) is 35.0. The molecule has 118 heavy (non-hydrogen) atoms. The number of H-pyrrole nitrogens is 1. The van der Waals surface area contributed by atoms with E-state index in [1.807, 2.05) is 129 Å². The Hall–Kier alpha value is -11.9. The molecule has 16 aromatic rings. The van der Waals surface area contributed by atoms with Crippen molar-refractivity contribution in [3.8, 4) is 28.4 Å². The zero-order valence-corrected chi connectivity index (χ0v) is 67.3. The highest BCUT2D eigenvalue weighted by Crippen LogP contribution is 2.38. The Labute approximate surface area is 690 Å². The SMILES string of the molecule is Cc1ccc(-n2nc(C3CCC(=O)NC3)c3ccncc32)cc1.Cc1ccc(-n2nc(C3CNCCO3)c3ccncc32)cc1.Cc1ccc(-n2nc(C3COCCN3)c3ccncc32)cc1.Clc1ccc(-n2nc(C3CCN(Cc4ccn[nH]4)CC3)c3ccncc32)cc1.Fc1cncc2c1c(C1CCOCC1)nn2-c1ccc(Cl)cc1. The molecule has 0 radical (unpaired) electrons. The number of halogens is 3. The fraction of sp³-hybridized carbons (Fsp3) is 0.289. The third-order valence-corrected chi connectivity index (χ3v) is 22.8. The predicted molar refractivity (Wildman–Crippen MR) is 455 cm³/mol. The Morgan fingerprint density at radius 1 is 0.441 bits per heavy atom. The number of amides is 1. The van der Waals surface area contributed by atoms with Gasteiger partial charge in [0, 0.05) is 138 Å². The van der Waals surface area contributed by atoms with Crippen molar-refractivity contribution in [3.63, 3.8) is 0 Å². The molecule has 0 saturated carbocycles. The summed E-state index contributed by atoms with van der Waals surface area (Å²) in [7, 11) is 0. The number of morpholine rings is 2. The van der Waals surface area contributed by atoms with Gasteiger partial charge in [0.15, 0.2) is 5.82 Å². The van der Waals surface area contributed by atoms with Gasteiger partial charge in [0.05, 0.1) is 147 Å². The molecule has 25 nitrogen and oxygen atoms in total. The van der Waals surface area contributed by atoms with Gasteiger partial charge in [-0.1, -0.05) is 76.3 Å². The lowest BCUT2D eigenvalue weighted by atomic mass is 9.92. The summed E-state index contributed by atoms with van der Waals surface area (Å²) < 4.78 is 40.9. The number of nitrogens with one attached hydrogen (secondary N) is 4. The maximum Gasteiger partial charge on any atom is 0.220 e. The number of ether oxygens (including phenoxy) is 3. The number of pyridine rings is 5. The van der Waals surface area contributed by atoms with E-state index in [1.165, 1.54) is 39.7 Å². The molecule has 3 atom stereocenters. The number of hydrogen-bond donors (Lipinski definition) is 4. The molecule has 1 amide bonds. The van der Waals surface area contributed by atoms with Crippen molar-refractivity contribution in [2.24, 2.45) is 0 Å². The average molecular weight is 1620 g/mol. The smallest absolute Gasteiger partial charge is 0.220 e. The second-order valence-corrected chi connectivity index (χ2v) is 31.1. The minimum atomic E-state index is -0.329. The van der Waals surface area contributed by atoms with Gasteiger partial charge in [-0.3, -0.25) is 39.7 Å². The number of rotatable bonds is 12. The minimum absolute atomic E-state index is 0.00894. The largest absolute Gasteiger partial charge is 0.381 e. The van der Waals surface area contributed by atoms with E-state index in [9.17, 15) is 9.18 Å². The normalized spacial score (nSPS) is 17.4. The topological polar surface area (TPSA) is 266 Å². The van der Waals surface area contributed by atoms with Crippen LogP contribution >= 0.6 is 23.2 Å². The number of nitrogens with zero attached hydrogens (tertiary/aromatic N) is 17. The molecule has 5 saturated heterocycles. The number of aromatic nitrogens is 17. The molecule has 11 aromatic heterocycles. The predicted octanol–water partition coefficient (Wildman–Crippen LogP) is 15.8. The van der Waals surface area contributed by atoms with E-state index in [0.717, 1.165) is 172 Å². The summed E-state index contributed by atoms with van der Waals surface area (Å²) in [6.45, 7) is 16.0. The van der Waals surface area contributed by atoms with Crippen molar-refractivity contribution in [1.29, 1.82) is 0 Å². The Bertz CT molecular complexity index is 5920. The first-order chi connectivity index (χ1) is 57.9. The molecule has 21 rings (SSSR count). The lowest BCUT2D eigenvalue weighted by Crippen LogP contribution is -2.35. The van der Waals surface area contributed by atoms with Crippen molar-refractivity contribution in [3.05, 3.63) is 287 Å². The Balaban J connectivity index is 0.000000106. The van der Waals surface area contributed by atoms with Gasteiger partial charge in [-0.25, -0.2) is 27.8 Å². The maximum atomic E-state index is 14.4. The summed E-state index contributed by atoms with van der Waals surface area (Å²) in [6.07, 6.45) is 24.8. The van der Waals surface area contributed by atoms with E-state index in [-0.39, 0.29) is 35.7 Å². The van der Waals surface area contributed by atoms with Crippen molar-refractivity contribution >= 4 is 83.6 Å². The zero-order chi connectivity index (χ0) is 80.4. The van der Waals surface area contributed by atoms with E-state index < -0.39 is 0 Å². The van der Waals surface area contributed by atoms with Crippen molar-refractivity contribution < 1.29 is 23.4 Å². The lowest BCUT2D eigenvalue weighted by Gasteiger charge is -2.30. The molecule has 0 bridgehead atoms. The quantitative estimate of drug-likeness (QED) is 0.0885. The minimum Gasteiger partial charge on any atom is -0.381 e. The summed E-state index contributed by atoms with van der Waals surface area (Å²) in [5.41, 5.74) is 19.6. The molecule has 5 fully saturated rings. The number of aromatic amines is 1. The van der Waals surface area contributed by atoms with Gasteiger partial charge in [0.2, 0.25) is 5.91 Å². The number of carbonyl (C=O) groups is 1. The number of carbonyl (C=O) groups excluding carboxylic acids is 1.